The summed E-state index contributed by atoms with van der Waals surface area (Å²) in [6.45, 7) is 0.676. The van der Waals surface area contributed by atoms with E-state index in [4.69, 9.17) is 23.2 Å². The zero-order chi connectivity index (χ0) is 17.6. The van der Waals surface area contributed by atoms with Gasteiger partial charge in [0.25, 0.3) is 0 Å². The quantitative estimate of drug-likeness (QED) is 0.603. The molecule has 3 aromatic rings. The predicted molar refractivity (Wildman–Crippen MR) is 104 cm³/mol. The van der Waals surface area contributed by atoms with Crippen LogP contribution >= 0.6 is 35.0 Å². The van der Waals surface area contributed by atoms with Crippen molar-refractivity contribution in [1.82, 2.24) is 9.55 Å². The van der Waals surface area contributed by atoms with E-state index in [1.54, 1.807) is 30.5 Å². The number of halogens is 2. The van der Waals surface area contributed by atoms with Crippen LogP contribution in [0.5, 0.6) is 0 Å². The number of aromatic nitrogens is 2. The Morgan fingerprint density at radius 2 is 1.92 bits per heavy atom. The van der Waals surface area contributed by atoms with Crippen LogP contribution in [-0.2, 0) is 11.3 Å². The fraction of sp³-hybridized carbons (Fsp3) is 0.111. The highest BCUT2D eigenvalue weighted by Crippen LogP contribution is 2.20. The molecule has 0 aliphatic carbocycles. The van der Waals surface area contributed by atoms with Crippen molar-refractivity contribution in [2.24, 2.45) is 0 Å². The van der Waals surface area contributed by atoms with Crippen molar-refractivity contribution in [3.63, 3.8) is 0 Å². The second-order valence-electron chi connectivity index (χ2n) is 5.31. The summed E-state index contributed by atoms with van der Waals surface area (Å²) in [5, 5.41) is 4.91. The van der Waals surface area contributed by atoms with Crippen molar-refractivity contribution in [2.45, 2.75) is 11.7 Å². The number of amides is 1. The normalized spacial score (nSPS) is 10.6. The van der Waals surface area contributed by atoms with Crippen molar-refractivity contribution in [3.8, 4) is 0 Å². The number of carbonyl (C=O) groups excluding carboxylic acids is 1. The van der Waals surface area contributed by atoms with Gasteiger partial charge < -0.3 is 9.88 Å². The summed E-state index contributed by atoms with van der Waals surface area (Å²) < 4.78 is 2.00. The molecule has 7 heteroatoms. The lowest BCUT2D eigenvalue weighted by Gasteiger charge is -2.08. The van der Waals surface area contributed by atoms with Crippen LogP contribution < -0.4 is 5.32 Å². The van der Waals surface area contributed by atoms with Gasteiger partial charge in [-0.2, -0.15) is 0 Å². The molecular formula is C18H15Cl2N3OS. The minimum Gasteiger partial charge on any atom is -0.325 e. The van der Waals surface area contributed by atoms with E-state index in [0.717, 1.165) is 10.7 Å². The maximum absolute atomic E-state index is 12.1. The van der Waals surface area contributed by atoms with Gasteiger partial charge in [-0.1, -0.05) is 53.2 Å². The molecule has 1 N–H and O–H groups in total. The van der Waals surface area contributed by atoms with Gasteiger partial charge >= 0.3 is 0 Å². The molecule has 1 aromatic heterocycles. The van der Waals surface area contributed by atoms with E-state index in [9.17, 15) is 4.79 Å². The fourth-order valence-corrected chi connectivity index (χ4v) is 3.31. The Kier molecular flexibility index (Phi) is 6.02. The molecule has 4 nitrogen and oxygen atoms in total. The lowest BCUT2D eigenvalue weighted by Crippen LogP contribution is -2.14. The average molecular weight is 392 g/mol. The van der Waals surface area contributed by atoms with Crippen LogP contribution in [0.2, 0.25) is 10.0 Å². The molecule has 3 rings (SSSR count). The van der Waals surface area contributed by atoms with Crippen molar-refractivity contribution in [3.05, 3.63) is 76.5 Å². The first-order chi connectivity index (χ1) is 12.1. The van der Waals surface area contributed by atoms with Gasteiger partial charge in [0.2, 0.25) is 5.91 Å². The molecule has 0 atom stereocenters. The van der Waals surface area contributed by atoms with Gasteiger partial charge in [0.05, 0.1) is 5.75 Å². The number of rotatable bonds is 6. The molecule has 0 unspecified atom stereocenters. The maximum Gasteiger partial charge on any atom is 0.234 e. The topological polar surface area (TPSA) is 46.9 Å². The summed E-state index contributed by atoms with van der Waals surface area (Å²) in [5.74, 6) is 0.165. The molecule has 0 saturated heterocycles. The smallest absolute Gasteiger partial charge is 0.234 e. The lowest BCUT2D eigenvalue weighted by molar-refractivity contribution is -0.113. The molecule has 2 aromatic carbocycles. The van der Waals surface area contributed by atoms with Crippen LogP contribution in [0.1, 0.15) is 5.56 Å². The zero-order valence-electron chi connectivity index (χ0n) is 13.2. The van der Waals surface area contributed by atoms with E-state index in [2.05, 4.69) is 10.3 Å². The minimum absolute atomic E-state index is 0.103. The molecule has 1 heterocycles. The Morgan fingerprint density at radius 3 is 2.68 bits per heavy atom. The van der Waals surface area contributed by atoms with Gasteiger partial charge in [-0.15, -0.1) is 0 Å². The van der Waals surface area contributed by atoms with Crippen molar-refractivity contribution < 1.29 is 4.79 Å². The zero-order valence-corrected chi connectivity index (χ0v) is 15.5. The molecule has 0 aliphatic heterocycles. The number of imidazole rings is 1. The molecule has 128 valence electrons. The third kappa shape index (κ3) is 5.26. The molecule has 0 bridgehead atoms. The summed E-state index contributed by atoms with van der Waals surface area (Å²) in [4.78, 5) is 16.4. The number of thioether (sulfide) groups is 1. The largest absolute Gasteiger partial charge is 0.325 e. The van der Waals surface area contributed by atoms with Crippen LogP contribution in [0.25, 0.3) is 0 Å². The molecule has 0 spiro atoms. The Morgan fingerprint density at radius 1 is 1.12 bits per heavy atom. The van der Waals surface area contributed by atoms with Crippen LogP contribution in [-0.4, -0.2) is 21.2 Å². The van der Waals surface area contributed by atoms with E-state index in [0.29, 0.717) is 22.3 Å². The standard InChI is InChI=1S/C18H15Cl2N3OS/c19-14-6-4-13(5-7-14)11-23-9-8-21-18(23)25-12-17(24)22-16-3-1-2-15(20)10-16/h1-10H,11-12H2,(H,22,24). The highest BCUT2D eigenvalue weighted by atomic mass is 35.5. The molecule has 0 radical (unpaired) electrons. The molecule has 1 amide bonds. The second-order valence-corrected chi connectivity index (χ2v) is 7.13. The summed E-state index contributed by atoms with van der Waals surface area (Å²) in [7, 11) is 0. The summed E-state index contributed by atoms with van der Waals surface area (Å²) in [5.41, 5.74) is 1.80. The summed E-state index contributed by atoms with van der Waals surface area (Å²) >= 11 is 13.2. The Hall–Kier alpha value is -1.95. The van der Waals surface area contributed by atoms with Crippen LogP contribution in [0.3, 0.4) is 0 Å². The van der Waals surface area contributed by atoms with E-state index in [1.165, 1.54) is 11.8 Å². The van der Waals surface area contributed by atoms with Gasteiger partial charge in [0, 0.05) is 34.7 Å². The van der Waals surface area contributed by atoms with Crippen molar-refractivity contribution >= 4 is 46.6 Å². The third-order valence-corrected chi connectivity index (χ3v) is 4.88. The molecule has 25 heavy (non-hydrogen) atoms. The first kappa shape index (κ1) is 17.9. The number of benzene rings is 2. The number of nitrogens with one attached hydrogen (secondary N) is 1. The molecule has 0 aliphatic rings. The van der Waals surface area contributed by atoms with Gasteiger partial charge in [-0.05, 0) is 35.9 Å². The molecular weight excluding hydrogens is 377 g/mol. The first-order valence-corrected chi connectivity index (χ1v) is 9.28. The van der Waals surface area contributed by atoms with Crippen LogP contribution in [0.15, 0.2) is 66.1 Å². The Balaban J connectivity index is 1.57. The average Bonchev–Trinajstić information content (AvgIpc) is 3.02. The van der Waals surface area contributed by atoms with Crippen LogP contribution in [0.4, 0.5) is 5.69 Å². The minimum atomic E-state index is -0.103. The van der Waals surface area contributed by atoms with Gasteiger partial charge in [0.1, 0.15) is 0 Å². The summed E-state index contributed by atoms with van der Waals surface area (Å²) in [6, 6.07) is 14.7. The van der Waals surface area contributed by atoms with Crippen molar-refractivity contribution in [1.29, 1.82) is 0 Å². The molecule has 0 saturated carbocycles. The highest BCUT2D eigenvalue weighted by molar-refractivity contribution is 7.99. The van der Waals surface area contributed by atoms with Crippen LogP contribution in [0, 0.1) is 0 Å². The van der Waals surface area contributed by atoms with Gasteiger partial charge in [0.15, 0.2) is 5.16 Å². The maximum atomic E-state index is 12.1. The number of hydrogen-bond donors (Lipinski definition) is 1. The SMILES string of the molecule is O=C(CSc1nccn1Cc1ccc(Cl)cc1)Nc1cccc(Cl)c1. The van der Waals surface area contributed by atoms with Crippen molar-refractivity contribution in [2.75, 3.05) is 11.1 Å². The Labute approximate surface area is 160 Å². The highest BCUT2D eigenvalue weighted by Gasteiger charge is 2.09. The van der Waals surface area contributed by atoms with E-state index < -0.39 is 0 Å². The lowest BCUT2D eigenvalue weighted by atomic mass is 10.2. The predicted octanol–water partition coefficient (Wildman–Crippen LogP) is 4.97. The first-order valence-electron chi connectivity index (χ1n) is 7.54. The van der Waals surface area contributed by atoms with E-state index in [1.807, 2.05) is 35.0 Å². The third-order valence-electron chi connectivity index (χ3n) is 3.38. The van der Waals surface area contributed by atoms with Gasteiger partial charge in [-0.25, -0.2) is 4.98 Å². The monoisotopic (exact) mass is 391 g/mol. The molecule has 0 fully saturated rings. The Bertz CT molecular complexity index is 865. The number of hydrogen-bond acceptors (Lipinski definition) is 3. The fourth-order valence-electron chi connectivity index (χ4n) is 2.24. The number of anilines is 1. The van der Waals surface area contributed by atoms with E-state index in [-0.39, 0.29) is 11.7 Å². The van der Waals surface area contributed by atoms with E-state index >= 15 is 0 Å². The summed E-state index contributed by atoms with van der Waals surface area (Å²) in [6.07, 6.45) is 3.62. The second kappa shape index (κ2) is 8.43. The van der Waals surface area contributed by atoms with Gasteiger partial charge in [-0.3, -0.25) is 4.79 Å². The number of nitrogens with zero attached hydrogens (tertiary/aromatic N) is 2. The number of carbonyl (C=O) groups is 1.